The van der Waals surface area contributed by atoms with Crippen LogP contribution in [0.25, 0.3) is 5.76 Å². The third kappa shape index (κ3) is 4.68. The van der Waals surface area contributed by atoms with Gasteiger partial charge in [-0.2, -0.15) is 0 Å². The number of aromatic hydroxyl groups is 1. The Labute approximate surface area is 243 Å². The zero-order chi connectivity index (χ0) is 31.3. The Hall–Kier alpha value is -4.34. The number of phenols is 1. The number of nitrogens with zero attached hydrogens (tertiary/aromatic N) is 2. The minimum absolute atomic E-state index is 0.00923. The van der Waals surface area contributed by atoms with E-state index in [-0.39, 0.29) is 36.1 Å². The Bertz CT molecular complexity index is 1510. The quantitative estimate of drug-likeness (QED) is 0.138. The highest BCUT2D eigenvalue weighted by atomic mass is 16.5. The van der Waals surface area contributed by atoms with Crippen LogP contribution in [-0.2, 0) is 30.3 Å². The fourth-order valence-electron chi connectivity index (χ4n) is 6.25. The van der Waals surface area contributed by atoms with Crippen molar-refractivity contribution in [2.24, 2.45) is 17.6 Å². The molecule has 0 bridgehead atoms. The zero-order valence-electron chi connectivity index (χ0n) is 24.1. The van der Waals surface area contributed by atoms with Crippen LogP contribution >= 0.6 is 0 Å². The van der Waals surface area contributed by atoms with Crippen molar-refractivity contribution in [3.63, 3.8) is 0 Å². The van der Waals surface area contributed by atoms with Crippen LogP contribution in [0.4, 0.5) is 5.69 Å². The van der Waals surface area contributed by atoms with E-state index in [1.54, 1.807) is 25.1 Å². The monoisotopic (exact) mass is 581 g/mol. The molecule has 1 saturated carbocycles. The van der Waals surface area contributed by atoms with E-state index in [1.807, 2.05) is 6.92 Å². The topological polar surface area (TPSA) is 191 Å². The number of hydrogen-bond donors (Lipinski definition) is 5. The Morgan fingerprint density at radius 3 is 2.40 bits per heavy atom. The highest BCUT2D eigenvalue weighted by molar-refractivity contribution is 6.24. The van der Waals surface area contributed by atoms with E-state index in [2.05, 4.69) is 11.8 Å². The maximum absolute atomic E-state index is 14.0. The maximum atomic E-state index is 14.0. The van der Waals surface area contributed by atoms with Crippen LogP contribution in [0.15, 0.2) is 23.0 Å². The summed E-state index contributed by atoms with van der Waals surface area (Å²) in [5, 5.41) is 45.5. The van der Waals surface area contributed by atoms with E-state index in [1.165, 1.54) is 19.0 Å². The number of fused-ring (bicyclic) bond motifs is 3. The number of aliphatic hydroxyl groups is 3. The second kappa shape index (κ2) is 11.2. The van der Waals surface area contributed by atoms with E-state index in [9.17, 15) is 39.6 Å². The Morgan fingerprint density at radius 1 is 1.17 bits per heavy atom. The zero-order valence-corrected chi connectivity index (χ0v) is 24.1. The fourth-order valence-corrected chi connectivity index (χ4v) is 6.25. The van der Waals surface area contributed by atoms with Gasteiger partial charge in [0.15, 0.2) is 11.4 Å². The molecule has 4 rings (SSSR count). The number of anilines is 1. The summed E-state index contributed by atoms with van der Waals surface area (Å²) in [5.74, 6) is -3.28. The summed E-state index contributed by atoms with van der Waals surface area (Å²) in [5.41, 5.74) is 2.39. The molecule has 1 aromatic rings. The minimum atomic E-state index is -2.73. The standard InChI is InChI=1S/C30H35N3O9/c1-6-7-10-42-19(34)9-8-14-13-18(32(2)3)16-11-15-12-17-23(33(4)5)26(37)22(29(31)40)28(39)30(17,41)27(38)20(15)25(36)21(16)24(14)35/h13,15,17,23,35-36,39,41H,6-7,10-12H2,1-5H3,(H2,31,40). The number of hydrogen-bond acceptors (Lipinski definition) is 11. The van der Waals surface area contributed by atoms with Gasteiger partial charge in [0.1, 0.15) is 22.8 Å². The third-order valence-electron chi connectivity index (χ3n) is 8.21. The lowest BCUT2D eigenvalue weighted by atomic mass is 9.57. The number of rotatable bonds is 6. The molecule has 4 atom stereocenters. The molecule has 3 aliphatic carbocycles. The van der Waals surface area contributed by atoms with E-state index < -0.39 is 69.8 Å². The number of ketones is 2. The second-order valence-corrected chi connectivity index (χ2v) is 11.2. The predicted octanol–water partition coefficient (Wildman–Crippen LogP) is 0.725. The molecule has 12 nitrogen and oxygen atoms in total. The number of amides is 1. The summed E-state index contributed by atoms with van der Waals surface area (Å²) in [6.45, 7) is 2.14. The van der Waals surface area contributed by atoms with Crippen LogP contribution in [0.1, 0.15) is 42.9 Å². The number of benzene rings is 1. The van der Waals surface area contributed by atoms with Gasteiger partial charge < -0.3 is 35.8 Å². The Kier molecular flexibility index (Phi) is 8.13. The van der Waals surface area contributed by atoms with Crippen molar-refractivity contribution in [3.8, 4) is 17.6 Å². The van der Waals surface area contributed by atoms with Gasteiger partial charge in [-0.3, -0.25) is 19.3 Å². The van der Waals surface area contributed by atoms with Gasteiger partial charge in [-0.1, -0.05) is 19.3 Å². The number of carbonyl (C=O) groups excluding carboxylic acids is 4. The molecule has 224 valence electrons. The first-order valence-electron chi connectivity index (χ1n) is 13.6. The number of aliphatic hydroxyl groups excluding tert-OH is 2. The van der Waals surface area contributed by atoms with Crippen LogP contribution in [-0.4, -0.2) is 95.2 Å². The van der Waals surface area contributed by atoms with Crippen LogP contribution in [0.5, 0.6) is 5.75 Å². The predicted molar refractivity (Wildman–Crippen MR) is 151 cm³/mol. The van der Waals surface area contributed by atoms with Gasteiger partial charge >= 0.3 is 5.97 Å². The molecule has 0 radical (unpaired) electrons. The van der Waals surface area contributed by atoms with Crippen molar-refractivity contribution >= 4 is 34.9 Å². The normalized spacial score (nSPS) is 24.9. The lowest BCUT2D eigenvalue weighted by molar-refractivity contribution is -0.153. The highest BCUT2D eigenvalue weighted by Gasteiger charge is 2.64. The number of ether oxygens (including phenoxy) is 1. The molecule has 0 aromatic heterocycles. The van der Waals surface area contributed by atoms with Crippen molar-refractivity contribution in [2.45, 2.75) is 44.2 Å². The van der Waals surface area contributed by atoms with Crippen LogP contribution < -0.4 is 10.6 Å². The first kappa shape index (κ1) is 30.6. The molecule has 42 heavy (non-hydrogen) atoms. The van der Waals surface area contributed by atoms with Crippen molar-refractivity contribution in [1.82, 2.24) is 4.90 Å². The largest absolute Gasteiger partial charge is 0.508 e. The van der Waals surface area contributed by atoms with Gasteiger partial charge in [0.05, 0.1) is 23.8 Å². The fraction of sp³-hybridized carbons (Fsp3) is 0.467. The molecule has 0 aliphatic heterocycles. The van der Waals surface area contributed by atoms with Gasteiger partial charge in [-0.25, -0.2) is 4.79 Å². The molecular weight excluding hydrogens is 546 g/mol. The van der Waals surface area contributed by atoms with Crippen molar-refractivity contribution in [1.29, 1.82) is 0 Å². The van der Waals surface area contributed by atoms with Gasteiger partial charge in [-0.15, -0.1) is 0 Å². The number of unbranched alkanes of at least 4 members (excludes halogenated alkanes) is 1. The van der Waals surface area contributed by atoms with Gasteiger partial charge in [0, 0.05) is 37.2 Å². The molecule has 1 amide bonds. The van der Waals surface area contributed by atoms with Crippen LogP contribution in [0, 0.1) is 23.7 Å². The van der Waals surface area contributed by atoms with Gasteiger partial charge in [0.2, 0.25) is 5.78 Å². The number of esters is 1. The lowest BCUT2D eigenvalue weighted by Crippen LogP contribution is -2.65. The molecular formula is C30H35N3O9. The number of nitrogens with two attached hydrogens (primary N) is 1. The first-order chi connectivity index (χ1) is 19.7. The molecule has 12 heteroatoms. The lowest BCUT2D eigenvalue weighted by Gasteiger charge is -2.50. The number of likely N-dealkylation sites (N-methyl/N-ethyl adjacent to an activating group) is 1. The number of phenolic OH excluding ortho intramolecular Hbond substituents is 1. The van der Waals surface area contributed by atoms with E-state index in [4.69, 9.17) is 10.5 Å². The maximum Gasteiger partial charge on any atom is 0.384 e. The smallest absolute Gasteiger partial charge is 0.384 e. The SMILES string of the molecule is CCCCOC(=O)C#Cc1cc(N(C)C)c2c(c1O)C(O)=C1C(=O)C3(O)C(O)=C(C(N)=O)C(=O)C(N(C)C)C3CC1C2. The summed E-state index contributed by atoms with van der Waals surface area (Å²) in [6, 6.07) is 0.388. The van der Waals surface area contributed by atoms with E-state index in [0.29, 0.717) is 17.7 Å². The number of carbonyl (C=O) groups is 4. The summed E-state index contributed by atoms with van der Waals surface area (Å²) >= 11 is 0. The molecule has 1 aromatic carbocycles. The first-order valence-corrected chi connectivity index (χ1v) is 13.6. The van der Waals surface area contributed by atoms with Gasteiger partial charge in [-0.05, 0) is 50.9 Å². The molecule has 0 heterocycles. The number of Topliss-reactive ketones (excluding diaryl/α,β-unsaturated/α-hetero) is 2. The molecule has 1 fully saturated rings. The Balaban J connectivity index is 1.91. The van der Waals surface area contributed by atoms with Crippen LogP contribution in [0.2, 0.25) is 0 Å². The third-order valence-corrected chi connectivity index (χ3v) is 8.21. The molecule has 6 N–H and O–H groups in total. The average molecular weight is 582 g/mol. The van der Waals surface area contributed by atoms with E-state index >= 15 is 0 Å². The molecule has 0 saturated heterocycles. The van der Waals surface area contributed by atoms with Gasteiger partial charge in [0.25, 0.3) is 5.91 Å². The van der Waals surface area contributed by atoms with Crippen molar-refractivity contribution in [2.75, 3.05) is 39.7 Å². The summed E-state index contributed by atoms with van der Waals surface area (Å²) < 4.78 is 5.05. The molecule has 0 spiro atoms. The van der Waals surface area contributed by atoms with Crippen molar-refractivity contribution < 1.29 is 44.3 Å². The summed E-state index contributed by atoms with van der Waals surface area (Å²) in [4.78, 5) is 54.6. The average Bonchev–Trinajstić information content (AvgIpc) is 2.89. The van der Waals surface area contributed by atoms with E-state index in [0.717, 1.165) is 6.42 Å². The highest BCUT2D eigenvalue weighted by Crippen LogP contribution is 2.54. The van der Waals surface area contributed by atoms with Crippen molar-refractivity contribution in [3.05, 3.63) is 39.7 Å². The Morgan fingerprint density at radius 2 is 1.83 bits per heavy atom. The summed E-state index contributed by atoms with van der Waals surface area (Å²) in [7, 11) is 6.55. The second-order valence-electron chi connectivity index (χ2n) is 11.2. The van der Waals surface area contributed by atoms with Crippen LogP contribution in [0.3, 0.4) is 0 Å². The molecule has 4 unspecified atom stereocenters. The minimum Gasteiger partial charge on any atom is -0.508 e. The molecule has 3 aliphatic rings. The summed E-state index contributed by atoms with van der Waals surface area (Å²) in [6.07, 6.45) is 1.60. The number of primary amides is 1.